The predicted molar refractivity (Wildman–Crippen MR) is 93.6 cm³/mol. The number of nitrogen functional groups attached to an aromatic ring is 1. The number of aromatic nitrogens is 2. The molecular weight excluding hydrogens is 322 g/mol. The van der Waals surface area contributed by atoms with E-state index in [9.17, 15) is 4.79 Å². The molecule has 1 aliphatic rings. The Bertz CT molecular complexity index is 747. The fourth-order valence-electron chi connectivity index (χ4n) is 2.60. The van der Waals surface area contributed by atoms with Crippen LogP contribution in [0, 0.1) is 0 Å². The quantitative estimate of drug-likeness (QED) is 0.829. The predicted octanol–water partition coefficient (Wildman–Crippen LogP) is 0.834. The van der Waals surface area contributed by atoms with Gasteiger partial charge in [0.25, 0.3) is 5.91 Å². The van der Waals surface area contributed by atoms with Crippen molar-refractivity contribution in [2.45, 2.75) is 6.54 Å². The van der Waals surface area contributed by atoms with Gasteiger partial charge in [-0.25, -0.2) is 4.98 Å². The summed E-state index contributed by atoms with van der Waals surface area (Å²) in [5.74, 6) is 1.07. The third-order valence-corrected chi connectivity index (χ3v) is 3.98. The second kappa shape index (κ2) is 7.80. The Hall–Kier alpha value is -2.87. The van der Waals surface area contributed by atoms with Gasteiger partial charge in [-0.05, 0) is 6.07 Å². The zero-order valence-corrected chi connectivity index (χ0v) is 14.1. The molecule has 0 bridgehead atoms. The highest BCUT2D eigenvalue weighted by Crippen LogP contribution is 2.18. The molecule has 8 nitrogen and oxygen atoms in total. The van der Waals surface area contributed by atoms with E-state index in [4.69, 9.17) is 15.2 Å². The van der Waals surface area contributed by atoms with Crippen LogP contribution in [-0.2, 0) is 11.3 Å². The fourth-order valence-corrected chi connectivity index (χ4v) is 2.60. The van der Waals surface area contributed by atoms with E-state index in [1.54, 1.807) is 7.11 Å². The Morgan fingerprint density at radius 3 is 2.84 bits per heavy atom. The van der Waals surface area contributed by atoms with Crippen LogP contribution in [0.4, 0.5) is 11.8 Å². The molecule has 0 atom stereocenters. The molecule has 0 saturated carbocycles. The molecule has 3 N–H and O–H groups in total. The lowest BCUT2D eigenvalue weighted by molar-refractivity contribution is 0.0950. The van der Waals surface area contributed by atoms with Crippen molar-refractivity contribution in [3.63, 3.8) is 0 Å². The molecule has 1 amide bonds. The van der Waals surface area contributed by atoms with E-state index in [-0.39, 0.29) is 17.3 Å². The summed E-state index contributed by atoms with van der Waals surface area (Å²) >= 11 is 0. The molecule has 3 rings (SSSR count). The second-order valence-electron chi connectivity index (χ2n) is 5.56. The topological polar surface area (TPSA) is 103 Å². The van der Waals surface area contributed by atoms with E-state index in [2.05, 4.69) is 15.3 Å². The normalized spacial score (nSPS) is 14.2. The van der Waals surface area contributed by atoms with E-state index < -0.39 is 0 Å². The summed E-state index contributed by atoms with van der Waals surface area (Å²) in [5.41, 5.74) is 7.09. The minimum atomic E-state index is -0.322. The van der Waals surface area contributed by atoms with Gasteiger partial charge in [-0.1, -0.05) is 18.2 Å². The van der Waals surface area contributed by atoms with Crippen molar-refractivity contribution in [3.05, 3.63) is 41.6 Å². The van der Waals surface area contributed by atoms with E-state index in [0.29, 0.717) is 38.8 Å². The minimum Gasteiger partial charge on any atom is -0.496 e. The maximum Gasteiger partial charge on any atom is 0.256 e. The van der Waals surface area contributed by atoms with Crippen molar-refractivity contribution in [1.29, 1.82) is 0 Å². The smallest absolute Gasteiger partial charge is 0.256 e. The molecule has 1 aliphatic heterocycles. The van der Waals surface area contributed by atoms with Gasteiger partial charge in [-0.2, -0.15) is 4.98 Å². The van der Waals surface area contributed by atoms with Crippen molar-refractivity contribution in [1.82, 2.24) is 15.3 Å². The number of rotatable bonds is 5. The van der Waals surface area contributed by atoms with Crippen LogP contribution in [0.25, 0.3) is 0 Å². The molecule has 1 saturated heterocycles. The van der Waals surface area contributed by atoms with Gasteiger partial charge in [0.05, 0.1) is 25.9 Å². The third kappa shape index (κ3) is 3.97. The van der Waals surface area contributed by atoms with Crippen molar-refractivity contribution in [2.75, 3.05) is 44.0 Å². The summed E-state index contributed by atoms with van der Waals surface area (Å²) in [6.45, 7) is 3.00. The second-order valence-corrected chi connectivity index (χ2v) is 5.56. The molecule has 1 fully saturated rings. The third-order valence-electron chi connectivity index (χ3n) is 3.98. The van der Waals surface area contributed by atoms with Gasteiger partial charge < -0.3 is 25.4 Å². The highest BCUT2D eigenvalue weighted by atomic mass is 16.5. The number of amides is 1. The molecule has 1 aromatic carbocycles. The number of carbonyl (C=O) groups excluding carboxylic acids is 1. The number of morpholine rings is 1. The monoisotopic (exact) mass is 343 g/mol. The molecule has 2 heterocycles. The molecule has 0 spiro atoms. The van der Waals surface area contributed by atoms with E-state index in [1.807, 2.05) is 29.2 Å². The molecule has 0 radical (unpaired) electrons. The summed E-state index contributed by atoms with van der Waals surface area (Å²) in [7, 11) is 1.59. The number of nitrogens with one attached hydrogen (secondary N) is 1. The Labute approximate surface area is 146 Å². The first-order chi connectivity index (χ1) is 12.2. The first-order valence-corrected chi connectivity index (χ1v) is 8.04. The number of hydrogen-bond donors (Lipinski definition) is 2. The summed E-state index contributed by atoms with van der Waals surface area (Å²) < 4.78 is 10.6. The van der Waals surface area contributed by atoms with Gasteiger partial charge in [0, 0.05) is 31.4 Å². The summed E-state index contributed by atoms with van der Waals surface area (Å²) in [4.78, 5) is 22.9. The van der Waals surface area contributed by atoms with Gasteiger partial charge in [0.15, 0.2) is 0 Å². The lowest BCUT2D eigenvalue weighted by Gasteiger charge is -2.26. The number of carbonyl (C=O) groups is 1. The number of ether oxygens (including phenoxy) is 2. The van der Waals surface area contributed by atoms with Gasteiger partial charge in [-0.3, -0.25) is 4.79 Å². The van der Waals surface area contributed by atoms with Crippen molar-refractivity contribution >= 4 is 17.7 Å². The molecule has 8 heteroatoms. The lowest BCUT2D eigenvalue weighted by atomic mass is 10.2. The first kappa shape index (κ1) is 17.0. The largest absolute Gasteiger partial charge is 0.496 e. The number of para-hydroxylation sites is 1. The van der Waals surface area contributed by atoms with Crippen LogP contribution in [0.2, 0.25) is 0 Å². The van der Waals surface area contributed by atoms with Crippen molar-refractivity contribution < 1.29 is 14.3 Å². The van der Waals surface area contributed by atoms with Gasteiger partial charge in [0.2, 0.25) is 5.95 Å². The molecular formula is C17H21N5O3. The Balaban J connectivity index is 1.67. The summed E-state index contributed by atoms with van der Waals surface area (Å²) in [6, 6.07) is 7.50. The van der Waals surface area contributed by atoms with E-state index in [0.717, 1.165) is 11.3 Å². The molecule has 0 unspecified atom stereocenters. The molecule has 1 aromatic heterocycles. The molecule has 25 heavy (non-hydrogen) atoms. The maximum atomic E-state index is 12.4. The highest BCUT2D eigenvalue weighted by molar-refractivity contribution is 5.98. The average molecular weight is 343 g/mol. The lowest BCUT2D eigenvalue weighted by Crippen LogP contribution is -2.37. The van der Waals surface area contributed by atoms with Crippen molar-refractivity contribution in [3.8, 4) is 5.75 Å². The van der Waals surface area contributed by atoms with Gasteiger partial charge in [0.1, 0.15) is 11.6 Å². The van der Waals surface area contributed by atoms with Crippen LogP contribution in [0.5, 0.6) is 5.75 Å². The average Bonchev–Trinajstić information content (AvgIpc) is 2.67. The Morgan fingerprint density at radius 1 is 1.36 bits per heavy atom. The van der Waals surface area contributed by atoms with Crippen LogP contribution in [-0.4, -0.2) is 49.3 Å². The number of benzene rings is 1. The van der Waals surface area contributed by atoms with Crippen LogP contribution in [0.3, 0.4) is 0 Å². The van der Waals surface area contributed by atoms with Crippen LogP contribution < -0.4 is 20.7 Å². The van der Waals surface area contributed by atoms with Gasteiger partial charge in [-0.15, -0.1) is 0 Å². The first-order valence-electron chi connectivity index (χ1n) is 8.04. The number of nitrogens with two attached hydrogens (primary N) is 1. The number of hydrogen-bond acceptors (Lipinski definition) is 7. The van der Waals surface area contributed by atoms with Crippen LogP contribution >= 0.6 is 0 Å². The van der Waals surface area contributed by atoms with E-state index in [1.165, 1.54) is 6.20 Å². The summed E-state index contributed by atoms with van der Waals surface area (Å²) in [5, 5.41) is 2.82. The highest BCUT2D eigenvalue weighted by Gasteiger charge is 2.18. The Kier molecular flexibility index (Phi) is 5.30. The van der Waals surface area contributed by atoms with Crippen molar-refractivity contribution in [2.24, 2.45) is 0 Å². The van der Waals surface area contributed by atoms with Crippen LogP contribution in [0.15, 0.2) is 30.5 Å². The summed E-state index contributed by atoms with van der Waals surface area (Å²) in [6.07, 6.45) is 1.46. The Morgan fingerprint density at radius 2 is 2.12 bits per heavy atom. The molecule has 2 aromatic rings. The zero-order chi connectivity index (χ0) is 17.6. The minimum absolute atomic E-state index is 0.161. The number of nitrogens with zero attached hydrogens (tertiary/aromatic N) is 3. The fraction of sp³-hybridized carbons (Fsp3) is 0.353. The zero-order valence-electron chi connectivity index (χ0n) is 14.1. The maximum absolute atomic E-state index is 12.4. The standard InChI is InChI=1S/C17H21N5O3/c1-24-14-5-3-2-4-12(14)10-19-16(23)13-11-20-17(21-15(13)18)22-6-8-25-9-7-22/h2-5,11H,6-10H2,1H3,(H,19,23)(H2,18,20,21). The number of methoxy groups -OCH3 is 1. The molecule has 132 valence electrons. The number of anilines is 2. The molecule has 0 aliphatic carbocycles. The van der Waals surface area contributed by atoms with Gasteiger partial charge >= 0.3 is 0 Å². The van der Waals surface area contributed by atoms with E-state index >= 15 is 0 Å². The van der Waals surface area contributed by atoms with Crippen LogP contribution in [0.1, 0.15) is 15.9 Å². The SMILES string of the molecule is COc1ccccc1CNC(=O)c1cnc(N2CCOCC2)nc1N.